The lowest BCUT2D eigenvalue weighted by Gasteiger charge is -2.28. The lowest BCUT2D eigenvalue weighted by Crippen LogP contribution is -2.18. The maximum atomic E-state index is 4.04. The third-order valence-electron chi connectivity index (χ3n) is 2.58. The summed E-state index contributed by atoms with van der Waals surface area (Å²) in [6.45, 7) is 4.04. The highest BCUT2D eigenvalue weighted by molar-refractivity contribution is 9.12. The topological polar surface area (TPSA) is 3.24 Å². The highest BCUT2D eigenvalue weighted by atomic mass is 79.9. The maximum Gasteiger partial charge on any atom is 0.0493 e. The van der Waals surface area contributed by atoms with Crippen LogP contribution in [0.3, 0.4) is 0 Å². The van der Waals surface area contributed by atoms with Gasteiger partial charge in [-0.1, -0.05) is 40.7 Å². The van der Waals surface area contributed by atoms with Gasteiger partial charge in [-0.05, 0) is 34.1 Å². The summed E-state index contributed by atoms with van der Waals surface area (Å²) in [5.41, 5.74) is 3.27. The fraction of sp³-hybridized carbons (Fsp3) is 0.0769. The second kappa shape index (κ2) is 4.60. The number of allylic oxidation sites excluding steroid dienone is 3. The zero-order valence-corrected chi connectivity index (χ0v) is 12.0. The third kappa shape index (κ3) is 2.02. The van der Waals surface area contributed by atoms with E-state index in [9.17, 15) is 0 Å². The van der Waals surface area contributed by atoms with E-state index in [1.807, 2.05) is 31.3 Å². The predicted octanol–water partition coefficient (Wildman–Crippen LogP) is 4.53. The Kier molecular flexibility index (Phi) is 3.36. The number of hydrogen-bond acceptors (Lipinski definition) is 1. The molecule has 0 saturated heterocycles. The molecule has 0 unspecified atom stereocenters. The standard InChI is InChI=1S/C13H11Br2N/c1-9-11(14)7-8-13(16(9)2)10-5-3-4-6-12(10)15/h3-8H,1H2,2H3. The Morgan fingerprint density at radius 2 is 1.81 bits per heavy atom. The van der Waals surface area contributed by atoms with E-state index in [1.165, 1.54) is 5.56 Å². The largest absolute Gasteiger partial charge is 0.344 e. The fourth-order valence-corrected chi connectivity index (χ4v) is 2.49. The predicted molar refractivity (Wildman–Crippen MR) is 76.0 cm³/mol. The number of benzene rings is 1. The Morgan fingerprint density at radius 3 is 2.50 bits per heavy atom. The van der Waals surface area contributed by atoms with E-state index >= 15 is 0 Å². The van der Waals surface area contributed by atoms with Gasteiger partial charge < -0.3 is 4.90 Å². The molecule has 0 bridgehead atoms. The summed E-state index contributed by atoms with van der Waals surface area (Å²) in [5.74, 6) is 0. The van der Waals surface area contributed by atoms with Crippen molar-refractivity contribution in [1.82, 2.24) is 4.90 Å². The van der Waals surface area contributed by atoms with Gasteiger partial charge in [0.05, 0.1) is 0 Å². The van der Waals surface area contributed by atoms with Gasteiger partial charge in [0, 0.05) is 33.0 Å². The Bertz CT molecular complexity index is 500. The van der Waals surface area contributed by atoms with Crippen LogP contribution in [0.25, 0.3) is 5.70 Å². The van der Waals surface area contributed by atoms with E-state index in [0.29, 0.717) is 0 Å². The molecule has 0 fully saturated rings. The molecule has 0 spiro atoms. The molecule has 0 radical (unpaired) electrons. The number of nitrogens with zero attached hydrogens (tertiary/aromatic N) is 1. The summed E-state index contributed by atoms with van der Waals surface area (Å²) in [6.07, 6.45) is 4.11. The van der Waals surface area contributed by atoms with Gasteiger partial charge in [-0.25, -0.2) is 0 Å². The third-order valence-corrected chi connectivity index (χ3v) is 3.99. The molecule has 16 heavy (non-hydrogen) atoms. The summed E-state index contributed by atoms with van der Waals surface area (Å²) in [6, 6.07) is 8.18. The molecule has 82 valence electrons. The van der Waals surface area contributed by atoms with Crippen molar-refractivity contribution < 1.29 is 0 Å². The Morgan fingerprint density at radius 1 is 1.12 bits per heavy atom. The molecule has 1 aromatic rings. The molecular weight excluding hydrogens is 330 g/mol. The van der Waals surface area contributed by atoms with Crippen molar-refractivity contribution >= 4 is 37.6 Å². The minimum Gasteiger partial charge on any atom is -0.344 e. The second-order valence-electron chi connectivity index (χ2n) is 3.55. The minimum absolute atomic E-state index is 0.966. The molecule has 1 aliphatic heterocycles. The van der Waals surface area contributed by atoms with Gasteiger partial charge in [0.1, 0.15) is 0 Å². The van der Waals surface area contributed by atoms with E-state index in [0.717, 1.165) is 20.3 Å². The quantitative estimate of drug-likeness (QED) is 0.726. The van der Waals surface area contributed by atoms with Crippen LogP contribution >= 0.6 is 31.9 Å². The van der Waals surface area contributed by atoms with Crippen LogP contribution in [0.15, 0.2) is 57.6 Å². The van der Waals surface area contributed by atoms with Crippen LogP contribution in [0.4, 0.5) is 0 Å². The molecule has 1 nitrogen and oxygen atoms in total. The van der Waals surface area contributed by atoms with Gasteiger partial charge in [-0.2, -0.15) is 0 Å². The first kappa shape index (κ1) is 11.7. The van der Waals surface area contributed by atoms with Gasteiger partial charge in [-0.3, -0.25) is 0 Å². The molecule has 0 aliphatic carbocycles. The highest BCUT2D eigenvalue weighted by Crippen LogP contribution is 2.34. The molecular formula is C13H11Br2N. The normalized spacial score (nSPS) is 15.9. The van der Waals surface area contributed by atoms with Crippen molar-refractivity contribution in [3.8, 4) is 0 Å². The zero-order chi connectivity index (χ0) is 11.7. The summed E-state index contributed by atoms with van der Waals surface area (Å²) in [7, 11) is 2.02. The monoisotopic (exact) mass is 339 g/mol. The SMILES string of the molecule is C=C1C(Br)=CC=C(c2ccccc2Br)N1C. The average molecular weight is 341 g/mol. The number of hydrogen-bond donors (Lipinski definition) is 0. The van der Waals surface area contributed by atoms with Crippen LogP contribution in [-0.2, 0) is 0 Å². The molecule has 0 saturated carbocycles. The number of halogens is 2. The first-order valence-electron chi connectivity index (χ1n) is 4.86. The Balaban J connectivity index is 2.50. The molecule has 1 heterocycles. The fourth-order valence-electron chi connectivity index (χ4n) is 1.61. The zero-order valence-electron chi connectivity index (χ0n) is 8.87. The lowest BCUT2D eigenvalue weighted by molar-refractivity contribution is 0.612. The van der Waals surface area contributed by atoms with Crippen molar-refractivity contribution in [1.29, 1.82) is 0 Å². The molecule has 0 aromatic heterocycles. The van der Waals surface area contributed by atoms with Crippen LogP contribution in [0.2, 0.25) is 0 Å². The van der Waals surface area contributed by atoms with Crippen molar-refractivity contribution in [2.75, 3.05) is 7.05 Å². The minimum atomic E-state index is 0.966. The van der Waals surface area contributed by atoms with Gasteiger partial charge in [-0.15, -0.1) is 0 Å². The Hall–Kier alpha value is -0.800. The van der Waals surface area contributed by atoms with E-state index < -0.39 is 0 Å². The van der Waals surface area contributed by atoms with E-state index in [1.54, 1.807) is 0 Å². The van der Waals surface area contributed by atoms with Crippen molar-refractivity contribution in [2.24, 2.45) is 0 Å². The highest BCUT2D eigenvalue weighted by Gasteiger charge is 2.17. The molecule has 2 rings (SSSR count). The molecule has 0 atom stereocenters. The maximum absolute atomic E-state index is 4.04. The molecule has 3 heteroatoms. The van der Waals surface area contributed by atoms with Gasteiger partial charge in [0.25, 0.3) is 0 Å². The number of likely N-dealkylation sites (N-methyl/N-ethyl adjacent to an activating group) is 1. The first-order valence-corrected chi connectivity index (χ1v) is 6.45. The van der Waals surface area contributed by atoms with Gasteiger partial charge in [0.15, 0.2) is 0 Å². The second-order valence-corrected chi connectivity index (χ2v) is 5.26. The summed E-state index contributed by atoms with van der Waals surface area (Å²) < 4.78 is 2.11. The average Bonchev–Trinajstić information content (AvgIpc) is 2.28. The van der Waals surface area contributed by atoms with Crippen molar-refractivity contribution in [3.05, 3.63) is 63.2 Å². The van der Waals surface area contributed by atoms with E-state index in [4.69, 9.17) is 0 Å². The van der Waals surface area contributed by atoms with E-state index in [-0.39, 0.29) is 0 Å². The van der Waals surface area contributed by atoms with Crippen molar-refractivity contribution in [2.45, 2.75) is 0 Å². The molecule has 1 aromatic carbocycles. The summed E-state index contributed by atoms with van der Waals surface area (Å²) in [5, 5.41) is 0. The van der Waals surface area contributed by atoms with Crippen LogP contribution in [0.1, 0.15) is 5.56 Å². The van der Waals surface area contributed by atoms with Gasteiger partial charge >= 0.3 is 0 Å². The summed E-state index contributed by atoms with van der Waals surface area (Å²) in [4.78, 5) is 2.07. The lowest BCUT2D eigenvalue weighted by atomic mass is 10.1. The van der Waals surface area contributed by atoms with E-state index in [2.05, 4.69) is 55.5 Å². The molecule has 0 amide bonds. The molecule has 1 aliphatic rings. The number of rotatable bonds is 1. The molecule has 0 N–H and O–H groups in total. The van der Waals surface area contributed by atoms with Crippen LogP contribution in [0.5, 0.6) is 0 Å². The van der Waals surface area contributed by atoms with Crippen LogP contribution < -0.4 is 0 Å². The summed E-state index contributed by atoms with van der Waals surface area (Å²) >= 11 is 7.04. The first-order chi connectivity index (χ1) is 7.61. The van der Waals surface area contributed by atoms with Crippen LogP contribution in [-0.4, -0.2) is 11.9 Å². The smallest absolute Gasteiger partial charge is 0.0493 e. The Labute approximate surface area is 112 Å². The van der Waals surface area contributed by atoms with Gasteiger partial charge in [0.2, 0.25) is 0 Å². The van der Waals surface area contributed by atoms with Crippen molar-refractivity contribution in [3.63, 3.8) is 0 Å². The van der Waals surface area contributed by atoms with Crippen LogP contribution in [0, 0.1) is 0 Å².